The number of pyridine rings is 1. The van der Waals surface area contributed by atoms with Crippen LogP contribution in [0.1, 0.15) is 38.2 Å². The van der Waals surface area contributed by atoms with Crippen molar-refractivity contribution in [3.05, 3.63) is 53.6 Å². The molecule has 5 heterocycles. The summed E-state index contributed by atoms with van der Waals surface area (Å²) in [7, 11) is 1.46. The normalized spacial score (nSPS) is 20.6. The average molecular weight is 618 g/mol. The summed E-state index contributed by atoms with van der Waals surface area (Å²) < 4.78 is 49.8. The van der Waals surface area contributed by atoms with Gasteiger partial charge in [-0.25, -0.2) is 13.8 Å². The molecule has 7 rings (SSSR count). The predicted octanol–water partition coefficient (Wildman–Crippen LogP) is 5.80. The molecule has 1 unspecified atom stereocenters. The molecule has 3 fully saturated rings. The molecule has 3 saturated heterocycles. The number of hydrogen-bond acceptors (Lipinski definition) is 9. The van der Waals surface area contributed by atoms with E-state index in [9.17, 15) is 5.11 Å². The number of fused-ring (bicyclic) bond motifs is 3. The predicted molar refractivity (Wildman–Crippen MR) is 168 cm³/mol. The highest BCUT2D eigenvalue weighted by Crippen LogP contribution is 2.44. The van der Waals surface area contributed by atoms with Crippen LogP contribution in [0.2, 0.25) is 0 Å². The lowest BCUT2D eigenvalue weighted by Crippen LogP contribution is -2.43. The molecule has 0 spiro atoms. The maximum absolute atomic E-state index is 17.0. The zero-order valence-electron chi connectivity index (χ0n) is 25.7. The van der Waals surface area contributed by atoms with Gasteiger partial charge in [-0.3, -0.25) is 4.90 Å². The van der Waals surface area contributed by atoms with Crippen molar-refractivity contribution < 1.29 is 28.1 Å². The van der Waals surface area contributed by atoms with E-state index in [-0.39, 0.29) is 40.0 Å². The van der Waals surface area contributed by atoms with Crippen molar-refractivity contribution >= 4 is 27.5 Å². The molecule has 11 heteroatoms. The maximum atomic E-state index is 17.0. The molecule has 236 valence electrons. The number of benzene rings is 2. The van der Waals surface area contributed by atoms with Crippen LogP contribution in [0.15, 0.2) is 36.4 Å². The summed E-state index contributed by atoms with van der Waals surface area (Å²) in [5.41, 5.74) is 1.52. The van der Waals surface area contributed by atoms with Gasteiger partial charge in [0.05, 0.1) is 19.3 Å². The van der Waals surface area contributed by atoms with E-state index >= 15 is 8.78 Å². The van der Waals surface area contributed by atoms with Crippen LogP contribution in [0.5, 0.6) is 17.6 Å². The molecular weight excluding hydrogens is 580 g/mol. The first-order valence-electron chi connectivity index (χ1n) is 15.6. The van der Waals surface area contributed by atoms with Crippen molar-refractivity contribution in [1.29, 1.82) is 0 Å². The number of aromatic hydroxyl groups is 1. The number of nitrogens with zero attached hydrogens (tertiary/aromatic N) is 5. The Labute approximate surface area is 260 Å². The summed E-state index contributed by atoms with van der Waals surface area (Å²) in [5.74, 6) is -0.677. The summed E-state index contributed by atoms with van der Waals surface area (Å²) in [4.78, 5) is 18.5. The Kier molecular flexibility index (Phi) is 7.69. The number of ether oxygens (including phenoxy) is 3. The van der Waals surface area contributed by atoms with Gasteiger partial charge in [0, 0.05) is 31.8 Å². The van der Waals surface area contributed by atoms with Gasteiger partial charge in [0.15, 0.2) is 5.82 Å². The van der Waals surface area contributed by atoms with Crippen LogP contribution in [-0.2, 0) is 11.2 Å². The molecule has 4 aromatic rings. The number of phenolic OH excluding ortho intramolecular Hbond substituents is 1. The first-order valence-corrected chi connectivity index (χ1v) is 15.6. The van der Waals surface area contributed by atoms with Gasteiger partial charge in [0.1, 0.15) is 40.6 Å². The number of hydrogen-bond donors (Lipinski definition) is 1. The SMILES string of the molecule is C=C1CN2CCCC2(COc2nc(N3CCCOCC3)c3c(OC)nc(-c4cc(O)cc5ccc(F)c(CC)c45)c(F)c3n2)C1. The molecule has 0 aliphatic carbocycles. The quantitative estimate of drug-likeness (QED) is 0.258. The number of anilines is 1. The topological polar surface area (TPSA) is 93.1 Å². The highest BCUT2D eigenvalue weighted by atomic mass is 19.1. The Hall–Kier alpha value is -4.09. The van der Waals surface area contributed by atoms with Gasteiger partial charge >= 0.3 is 6.01 Å². The fourth-order valence-corrected chi connectivity index (χ4v) is 7.36. The highest BCUT2D eigenvalue weighted by Gasteiger charge is 2.46. The fourth-order valence-electron chi connectivity index (χ4n) is 7.36. The van der Waals surface area contributed by atoms with E-state index in [4.69, 9.17) is 19.2 Å². The molecule has 2 aromatic heterocycles. The Bertz CT molecular complexity index is 1810. The van der Waals surface area contributed by atoms with E-state index in [1.54, 1.807) is 6.07 Å². The lowest BCUT2D eigenvalue weighted by Gasteiger charge is -2.31. The third-order valence-electron chi connectivity index (χ3n) is 9.39. The van der Waals surface area contributed by atoms with E-state index in [1.807, 2.05) is 11.8 Å². The number of aromatic nitrogens is 3. The summed E-state index contributed by atoms with van der Waals surface area (Å²) in [6, 6.07) is 5.92. The molecule has 0 amide bonds. The van der Waals surface area contributed by atoms with Gasteiger partial charge in [-0.15, -0.1) is 0 Å². The Morgan fingerprint density at radius 2 is 1.93 bits per heavy atom. The smallest absolute Gasteiger partial charge is 0.319 e. The van der Waals surface area contributed by atoms with Crippen LogP contribution in [0.25, 0.3) is 32.9 Å². The largest absolute Gasteiger partial charge is 0.508 e. The van der Waals surface area contributed by atoms with Crippen LogP contribution in [0, 0.1) is 11.6 Å². The van der Waals surface area contributed by atoms with E-state index in [0.717, 1.165) is 38.8 Å². The van der Waals surface area contributed by atoms with Crippen molar-refractivity contribution in [2.75, 3.05) is 58.0 Å². The third kappa shape index (κ3) is 5.11. The Balaban J connectivity index is 1.43. The van der Waals surface area contributed by atoms with Gasteiger partial charge in [0.25, 0.3) is 0 Å². The monoisotopic (exact) mass is 617 g/mol. The molecule has 0 radical (unpaired) electrons. The zero-order valence-corrected chi connectivity index (χ0v) is 25.7. The van der Waals surface area contributed by atoms with Gasteiger partial charge in [0.2, 0.25) is 5.88 Å². The minimum Gasteiger partial charge on any atom is -0.508 e. The summed E-state index contributed by atoms with van der Waals surface area (Å²) >= 11 is 0. The maximum Gasteiger partial charge on any atom is 0.319 e. The molecular formula is C34H37F2N5O4. The van der Waals surface area contributed by atoms with Gasteiger partial charge in [-0.1, -0.05) is 25.1 Å². The van der Waals surface area contributed by atoms with Crippen LogP contribution >= 0.6 is 0 Å². The van der Waals surface area contributed by atoms with Gasteiger partial charge in [-0.2, -0.15) is 9.97 Å². The molecule has 3 aliphatic heterocycles. The molecule has 3 aliphatic rings. The van der Waals surface area contributed by atoms with E-state index in [2.05, 4.69) is 21.4 Å². The van der Waals surface area contributed by atoms with E-state index in [0.29, 0.717) is 66.9 Å². The Morgan fingerprint density at radius 3 is 2.76 bits per heavy atom. The second-order valence-electron chi connectivity index (χ2n) is 12.2. The van der Waals surface area contributed by atoms with Crippen molar-refractivity contribution in [2.45, 2.75) is 44.6 Å². The molecule has 0 bridgehead atoms. The van der Waals surface area contributed by atoms with Crippen molar-refractivity contribution in [3.63, 3.8) is 0 Å². The van der Waals surface area contributed by atoms with Crippen molar-refractivity contribution in [3.8, 4) is 28.9 Å². The summed E-state index contributed by atoms with van der Waals surface area (Å²) in [6.07, 6.45) is 4.02. The standard InChI is InChI=1S/C34H37F2N5O4/c1-4-23-25(35)8-7-21-15-22(42)16-24(26(21)23)29-28(36)30-27(32(37-29)43-3)31(40-10-6-13-44-14-12-40)39-33(38-30)45-19-34-9-5-11-41(34)18-20(2)17-34/h7-8,15-16,42H,2,4-6,9-14,17-19H2,1,3H3. The van der Waals surface area contributed by atoms with Crippen LogP contribution < -0.4 is 14.4 Å². The summed E-state index contributed by atoms with van der Waals surface area (Å²) in [5, 5.41) is 12.0. The first-order chi connectivity index (χ1) is 21.8. The number of halogens is 2. The lowest BCUT2D eigenvalue weighted by atomic mass is 9.94. The molecule has 45 heavy (non-hydrogen) atoms. The van der Waals surface area contributed by atoms with Crippen LogP contribution in [0.3, 0.4) is 0 Å². The van der Waals surface area contributed by atoms with Gasteiger partial charge < -0.3 is 24.2 Å². The number of rotatable bonds is 7. The second-order valence-corrected chi connectivity index (χ2v) is 12.2. The fraction of sp³-hybridized carbons (Fsp3) is 0.441. The van der Waals surface area contributed by atoms with E-state index in [1.165, 1.54) is 30.9 Å². The lowest BCUT2D eigenvalue weighted by molar-refractivity contribution is 0.108. The van der Waals surface area contributed by atoms with Crippen molar-refractivity contribution in [2.24, 2.45) is 0 Å². The van der Waals surface area contributed by atoms with Crippen LogP contribution in [-0.4, -0.2) is 83.6 Å². The molecule has 1 N–H and O–H groups in total. The average Bonchev–Trinajstić information content (AvgIpc) is 3.41. The summed E-state index contributed by atoms with van der Waals surface area (Å²) in [6.45, 7) is 10.5. The van der Waals surface area contributed by atoms with Gasteiger partial charge in [-0.05, 0) is 73.2 Å². The molecule has 9 nitrogen and oxygen atoms in total. The molecule has 2 aromatic carbocycles. The minimum absolute atomic E-state index is 0.0235. The van der Waals surface area contributed by atoms with Crippen molar-refractivity contribution in [1.82, 2.24) is 19.9 Å². The van der Waals surface area contributed by atoms with Crippen LogP contribution in [0.4, 0.5) is 14.6 Å². The second kappa shape index (κ2) is 11.7. The number of phenols is 1. The van der Waals surface area contributed by atoms with E-state index < -0.39 is 11.6 Å². The third-order valence-corrected chi connectivity index (χ3v) is 9.39. The highest BCUT2D eigenvalue weighted by molar-refractivity contribution is 6.03. The zero-order chi connectivity index (χ0) is 31.3. The minimum atomic E-state index is -0.738. The molecule has 1 atom stereocenters. The number of aryl methyl sites for hydroxylation is 1. The molecule has 0 saturated carbocycles. The Morgan fingerprint density at radius 1 is 1.07 bits per heavy atom. The first kappa shape index (κ1) is 29.6. The number of methoxy groups -OCH3 is 1.